The molecule has 3 aliphatic carbocycles. The van der Waals surface area contributed by atoms with E-state index in [1.807, 2.05) is 12.1 Å². The molecule has 29 heavy (non-hydrogen) atoms. The summed E-state index contributed by atoms with van der Waals surface area (Å²) in [5.41, 5.74) is 2.14. The monoisotopic (exact) mass is 415 g/mol. The molecule has 5 nitrogen and oxygen atoms in total. The van der Waals surface area contributed by atoms with Crippen molar-refractivity contribution in [2.75, 3.05) is 6.54 Å². The van der Waals surface area contributed by atoms with Crippen LogP contribution in [0.1, 0.15) is 63.5 Å². The topological polar surface area (TPSA) is 63.7 Å². The van der Waals surface area contributed by atoms with E-state index in [1.165, 1.54) is 15.4 Å². The van der Waals surface area contributed by atoms with Crippen LogP contribution in [-0.2, 0) is 21.2 Å². The van der Waals surface area contributed by atoms with Crippen molar-refractivity contribution >= 4 is 15.9 Å². The first-order valence-corrected chi connectivity index (χ1v) is 12.5. The molecule has 2 aliphatic heterocycles. The van der Waals surface area contributed by atoms with Crippen LogP contribution in [0.3, 0.4) is 0 Å². The Morgan fingerprint density at radius 2 is 2.03 bits per heavy atom. The van der Waals surface area contributed by atoms with Gasteiger partial charge in [0.2, 0.25) is 15.9 Å². The van der Waals surface area contributed by atoms with E-state index in [-0.39, 0.29) is 39.9 Å². The minimum absolute atomic E-state index is 0.00352. The number of sulfonamides is 1. The molecule has 2 heterocycles. The molecule has 6 atom stereocenters. The van der Waals surface area contributed by atoms with E-state index in [0.29, 0.717) is 12.5 Å². The molecule has 1 aromatic rings. The minimum atomic E-state index is -3.55. The van der Waals surface area contributed by atoms with Crippen LogP contribution in [0.15, 0.2) is 18.2 Å². The SMILES string of the molecule is CC1Cc2c(cccc2[C@@H]2C[C@H]2C(=O)N2CC34CCC(CC3S2(=O)=O)C4(C)C)O1. The predicted octanol–water partition coefficient (Wildman–Crippen LogP) is 3.48. The van der Waals surface area contributed by atoms with Crippen LogP contribution >= 0.6 is 0 Å². The van der Waals surface area contributed by atoms with Gasteiger partial charge in [-0.1, -0.05) is 26.0 Å². The predicted molar refractivity (Wildman–Crippen MR) is 109 cm³/mol. The van der Waals surface area contributed by atoms with Crippen LogP contribution in [0.25, 0.3) is 0 Å². The minimum Gasteiger partial charge on any atom is -0.490 e. The van der Waals surface area contributed by atoms with Crippen molar-refractivity contribution in [1.82, 2.24) is 4.31 Å². The van der Waals surface area contributed by atoms with Gasteiger partial charge in [-0.25, -0.2) is 12.7 Å². The summed E-state index contributed by atoms with van der Waals surface area (Å²) in [5.74, 6) is 1.16. The lowest BCUT2D eigenvalue weighted by atomic mass is 9.69. The molecule has 1 amide bonds. The number of carbonyl (C=O) groups excluding carboxylic acids is 1. The molecule has 4 fully saturated rings. The molecule has 156 valence electrons. The summed E-state index contributed by atoms with van der Waals surface area (Å²) in [6.45, 7) is 6.91. The molecule has 2 bridgehead atoms. The van der Waals surface area contributed by atoms with Crippen molar-refractivity contribution in [2.45, 2.75) is 70.1 Å². The maximum Gasteiger partial charge on any atom is 0.240 e. The molecular weight excluding hydrogens is 386 g/mol. The summed E-state index contributed by atoms with van der Waals surface area (Å²) >= 11 is 0. The average molecular weight is 416 g/mol. The Morgan fingerprint density at radius 1 is 1.24 bits per heavy atom. The molecule has 6 rings (SSSR count). The molecule has 0 N–H and O–H groups in total. The number of benzene rings is 1. The highest BCUT2D eigenvalue weighted by molar-refractivity contribution is 7.90. The van der Waals surface area contributed by atoms with Gasteiger partial charge >= 0.3 is 0 Å². The van der Waals surface area contributed by atoms with Gasteiger partial charge in [0.25, 0.3) is 0 Å². The normalized spacial score (nSPS) is 42.4. The highest BCUT2D eigenvalue weighted by Gasteiger charge is 2.73. The van der Waals surface area contributed by atoms with Gasteiger partial charge in [0, 0.05) is 29.9 Å². The van der Waals surface area contributed by atoms with E-state index >= 15 is 0 Å². The molecule has 1 saturated heterocycles. The summed E-state index contributed by atoms with van der Waals surface area (Å²) in [6.07, 6.45) is 4.55. The number of hydrogen-bond donors (Lipinski definition) is 0. The third kappa shape index (κ3) is 2.11. The third-order valence-electron chi connectivity index (χ3n) is 9.19. The van der Waals surface area contributed by atoms with Crippen molar-refractivity contribution in [3.05, 3.63) is 29.3 Å². The first-order chi connectivity index (χ1) is 13.7. The van der Waals surface area contributed by atoms with Crippen molar-refractivity contribution in [3.63, 3.8) is 0 Å². The van der Waals surface area contributed by atoms with Crippen LogP contribution in [0.4, 0.5) is 0 Å². The smallest absolute Gasteiger partial charge is 0.240 e. The van der Waals surface area contributed by atoms with Crippen LogP contribution < -0.4 is 4.74 Å². The molecule has 0 radical (unpaired) electrons. The Kier molecular flexibility index (Phi) is 3.38. The first kappa shape index (κ1) is 18.2. The Labute approximate surface area is 172 Å². The van der Waals surface area contributed by atoms with E-state index in [0.717, 1.165) is 37.9 Å². The standard InChI is InChI=1S/C23H29NO4S/c1-13-9-17-15(5-4-6-19(17)28-13)16-11-18(16)21(25)24-12-23-8-7-14(22(23,2)3)10-20(23)29(24,26)27/h4-6,13-14,16,18,20H,7-12H2,1-3H3/t13?,14?,16-,18+,20?,23?/m0/s1. The lowest BCUT2D eigenvalue weighted by Crippen LogP contribution is -2.40. The largest absolute Gasteiger partial charge is 0.490 e. The van der Waals surface area contributed by atoms with Gasteiger partial charge in [-0.05, 0) is 61.5 Å². The molecule has 6 heteroatoms. The lowest BCUT2D eigenvalue weighted by molar-refractivity contribution is -0.128. The van der Waals surface area contributed by atoms with E-state index in [1.54, 1.807) is 0 Å². The fourth-order valence-electron chi connectivity index (χ4n) is 7.29. The van der Waals surface area contributed by atoms with Crippen LogP contribution in [0.5, 0.6) is 5.75 Å². The third-order valence-corrected chi connectivity index (χ3v) is 11.5. The highest BCUT2D eigenvalue weighted by Crippen LogP contribution is 2.70. The maximum atomic E-state index is 13.4. The maximum absolute atomic E-state index is 13.4. The average Bonchev–Trinajstić information content (AvgIpc) is 3.14. The molecule has 0 aromatic heterocycles. The van der Waals surface area contributed by atoms with Gasteiger partial charge in [-0.2, -0.15) is 0 Å². The summed E-state index contributed by atoms with van der Waals surface area (Å²) in [4.78, 5) is 13.4. The Hall–Kier alpha value is -1.56. The fourth-order valence-corrected chi connectivity index (χ4v) is 9.94. The number of amides is 1. The zero-order chi connectivity index (χ0) is 20.3. The zero-order valence-electron chi connectivity index (χ0n) is 17.3. The van der Waals surface area contributed by atoms with E-state index < -0.39 is 10.0 Å². The van der Waals surface area contributed by atoms with E-state index in [2.05, 4.69) is 26.8 Å². The molecular formula is C23H29NO4S. The van der Waals surface area contributed by atoms with Gasteiger partial charge in [-0.3, -0.25) is 4.79 Å². The van der Waals surface area contributed by atoms with Gasteiger partial charge < -0.3 is 4.74 Å². The highest BCUT2D eigenvalue weighted by atomic mass is 32.2. The Balaban J connectivity index is 1.29. The molecule has 5 aliphatic rings. The van der Waals surface area contributed by atoms with Crippen molar-refractivity contribution in [1.29, 1.82) is 0 Å². The van der Waals surface area contributed by atoms with Gasteiger partial charge in [-0.15, -0.1) is 0 Å². The summed E-state index contributed by atoms with van der Waals surface area (Å²) < 4.78 is 33.9. The van der Waals surface area contributed by atoms with Crippen LogP contribution in [0, 0.1) is 22.7 Å². The lowest BCUT2D eigenvalue weighted by Gasteiger charge is -2.36. The number of nitrogens with zero attached hydrogens (tertiary/aromatic N) is 1. The fraction of sp³-hybridized carbons (Fsp3) is 0.696. The van der Waals surface area contributed by atoms with Gasteiger partial charge in [0.05, 0.1) is 5.25 Å². The van der Waals surface area contributed by atoms with E-state index in [4.69, 9.17) is 4.74 Å². The van der Waals surface area contributed by atoms with Gasteiger partial charge in [0.15, 0.2) is 0 Å². The summed E-state index contributed by atoms with van der Waals surface area (Å²) in [7, 11) is -3.55. The van der Waals surface area contributed by atoms with Crippen molar-refractivity contribution < 1.29 is 17.9 Å². The van der Waals surface area contributed by atoms with Crippen molar-refractivity contribution in [2.24, 2.45) is 22.7 Å². The molecule has 1 aromatic carbocycles. The van der Waals surface area contributed by atoms with Crippen LogP contribution in [-0.4, -0.2) is 36.5 Å². The molecule has 4 unspecified atom stereocenters. The number of rotatable bonds is 2. The number of fused-ring (bicyclic) bond motifs is 2. The summed E-state index contributed by atoms with van der Waals surface area (Å²) in [5, 5.41) is -0.361. The number of hydrogen-bond acceptors (Lipinski definition) is 4. The van der Waals surface area contributed by atoms with E-state index in [9.17, 15) is 13.2 Å². The zero-order valence-corrected chi connectivity index (χ0v) is 18.2. The molecule has 3 saturated carbocycles. The van der Waals surface area contributed by atoms with Crippen molar-refractivity contribution in [3.8, 4) is 5.75 Å². The second-order valence-electron chi connectivity index (χ2n) is 10.6. The van der Waals surface area contributed by atoms with Gasteiger partial charge in [0.1, 0.15) is 11.9 Å². The quantitative estimate of drug-likeness (QED) is 0.742. The number of ether oxygens (including phenoxy) is 1. The Bertz CT molecular complexity index is 1030. The second-order valence-corrected chi connectivity index (χ2v) is 12.7. The first-order valence-electron chi connectivity index (χ1n) is 11.0. The Morgan fingerprint density at radius 3 is 2.76 bits per heavy atom. The number of carbonyl (C=O) groups is 1. The van der Waals surface area contributed by atoms with Crippen LogP contribution in [0.2, 0.25) is 0 Å². The molecule has 1 spiro atoms. The summed E-state index contributed by atoms with van der Waals surface area (Å²) in [6, 6.07) is 6.07. The second kappa shape index (κ2) is 5.37.